The van der Waals surface area contributed by atoms with Crippen LogP contribution in [0.2, 0.25) is 0 Å². The lowest BCUT2D eigenvalue weighted by Gasteiger charge is -2.20. The Labute approximate surface area is 230 Å². The third-order valence-corrected chi connectivity index (χ3v) is 6.74. The zero-order chi connectivity index (χ0) is 28.7. The van der Waals surface area contributed by atoms with E-state index in [1.165, 1.54) is 0 Å². The van der Waals surface area contributed by atoms with Crippen molar-refractivity contribution < 1.29 is 42.5 Å². The fourth-order valence-electron chi connectivity index (χ4n) is 3.56. The molecule has 1 aliphatic rings. The molecule has 1 heterocycles. The van der Waals surface area contributed by atoms with E-state index in [4.69, 9.17) is 18.7 Å². The van der Waals surface area contributed by atoms with Gasteiger partial charge in [0.05, 0.1) is 5.41 Å². The zero-order valence-corrected chi connectivity index (χ0v) is 23.8. The molecule has 2 rings (SSSR count). The molecule has 216 valence electrons. The van der Waals surface area contributed by atoms with Crippen molar-refractivity contribution in [2.75, 3.05) is 19.3 Å². The average Bonchev–Trinajstić information content (AvgIpc) is 3.42. The fourth-order valence-corrected chi connectivity index (χ4v) is 4.32. The molecule has 12 heteroatoms. The van der Waals surface area contributed by atoms with Gasteiger partial charge in [0.25, 0.3) is 12.5 Å². The first kappa shape index (κ1) is 32.3. The minimum absolute atomic E-state index is 0.204. The first-order valence-electron chi connectivity index (χ1n) is 13.3. The van der Waals surface area contributed by atoms with Crippen LogP contribution >= 0.6 is 8.03 Å². The topological polar surface area (TPSA) is 146 Å². The highest BCUT2D eigenvalue weighted by Gasteiger charge is 2.35. The van der Waals surface area contributed by atoms with E-state index in [2.05, 4.69) is 10.6 Å². The van der Waals surface area contributed by atoms with E-state index in [-0.39, 0.29) is 13.0 Å². The van der Waals surface area contributed by atoms with Gasteiger partial charge in [-0.05, 0) is 63.1 Å². The van der Waals surface area contributed by atoms with Crippen LogP contribution < -0.4 is 10.6 Å². The summed E-state index contributed by atoms with van der Waals surface area (Å²) in [4.78, 5) is 48.1. The largest absolute Gasteiger partial charge is 0.523 e. The van der Waals surface area contributed by atoms with Gasteiger partial charge in [-0.3, -0.25) is 4.79 Å². The fraction of sp³-hybridized carbons (Fsp3) is 0.630. The summed E-state index contributed by atoms with van der Waals surface area (Å²) in [7, 11) is -2.56. The number of benzene rings is 1. The monoisotopic (exact) mass is 567 g/mol. The van der Waals surface area contributed by atoms with Crippen molar-refractivity contribution >= 4 is 32.0 Å². The highest BCUT2D eigenvalue weighted by atomic mass is 31.1. The van der Waals surface area contributed by atoms with E-state index in [1.807, 2.05) is 30.3 Å². The summed E-state index contributed by atoms with van der Waals surface area (Å²) in [6.07, 6.45) is 2.30. The second-order valence-electron chi connectivity index (χ2n) is 10.3. The maximum absolute atomic E-state index is 12.4. The van der Waals surface area contributed by atoms with Crippen molar-refractivity contribution in [3.8, 4) is 0 Å². The van der Waals surface area contributed by atoms with Gasteiger partial charge in [-0.2, -0.15) is 0 Å². The van der Waals surface area contributed by atoms with Gasteiger partial charge in [-0.15, -0.1) is 4.52 Å². The number of unbranched alkanes of at least 4 members (excludes halogenated alkanes) is 3. The van der Waals surface area contributed by atoms with E-state index in [0.29, 0.717) is 25.9 Å². The predicted octanol–water partition coefficient (Wildman–Crippen LogP) is 4.36. The van der Waals surface area contributed by atoms with Crippen LogP contribution in [-0.2, 0) is 44.3 Å². The molecule has 0 aromatic heterocycles. The first-order chi connectivity index (χ1) is 18.5. The molecule has 39 heavy (non-hydrogen) atoms. The molecule has 2 N–H and O–H groups in total. The van der Waals surface area contributed by atoms with Crippen molar-refractivity contribution in [1.82, 2.24) is 10.6 Å². The molecule has 2 unspecified atom stereocenters. The third kappa shape index (κ3) is 13.7. The van der Waals surface area contributed by atoms with Crippen molar-refractivity contribution in [3.63, 3.8) is 0 Å². The minimum atomic E-state index is -2.56. The van der Waals surface area contributed by atoms with E-state index < -0.39 is 55.9 Å². The quantitative estimate of drug-likeness (QED) is 0.0783. The first-order valence-corrected chi connectivity index (χ1v) is 14.7. The standard InChI is InChI=1S/C27H39N2O9P/c1-27(2,3)25(32)37-23(38-39(34)19-22(30)36-24(31)21-14-11-17-28-21)15-9-4-5-10-16-29-26(33)35-18-20-12-7-6-8-13-20/h6-8,12-13,21,23,28H,4-5,9-11,14-19H2,1-3H3/p+1/t21-,23?/m0/s1. The summed E-state index contributed by atoms with van der Waals surface area (Å²) >= 11 is 0. The van der Waals surface area contributed by atoms with Crippen LogP contribution in [0.15, 0.2) is 30.3 Å². The second kappa shape index (κ2) is 16.9. The molecule has 1 fully saturated rings. The van der Waals surface area contributed by atoms with Crippen LogP contribution in [0.1, 0.15) is 71.3 Å². The molecule has 1 saturated heterocycles. The average molecular weight is 568 g/mol. The van der Waals surface area contributed by atoms with Crippen LogP contribution in [-0.4, -0.2) is 55.6 Å². The Balaban J connectivity index is 1.68. The Morgan fingerprint density at radius 2 is 1.79 bits per heavy atom. The summed E-state index contributed by atoms with van der Waals surface area (Å²) in [6, 6.07) is 8.86. The van der Waals surface area contributed by atoms with Gasteiger partial charge in [-0.1, -0.05) is 43.2 Å². The van der Waals surface area contributed by atoms with Gasteiger partial charge in [0.15, 0.2) is 0 Å². The van der Waals surface area contributed by atoms with E-state index >= 15 is 0 Å². The summed E-state index contributed by atoms with van der Waals surface area (Å²) in [5.41, 5.74) is 0.110. The van der Waals surface area contributed by atoms with E-state index in [0.717, 1.165) is 31.2 Å². The molecular formula is C27H40N2O9P+. The molecule has 0 spiro atoms. The lowest BCUT2D eigenvalue weighted by Crippen LogP contribution is -2.34. The summed E-state index contributed by atoms with van der Waals surface area (Å²) < 4.78 is 33.1. The normalized spacial score (nSPS) is 16.2. The molecule has 1 amide bonds. The number of hydrogen-bond donors (Lipinski definition) is 2. The van der Waals surface area contributed by atoms with Gasteiger partial charge in [0, 0.05) is 13.0 Å². The number of hydrogen-bond acceptors (Lipinski definition) is 10. The molecule has 1 aromatic carbocycles. The molecule has 1 aliphatic heterocycles. The highest BCUT2D eigenvalue weighted by molar-refractivity contribution is 7.40. The Morgan fingerprint density at radius 1 is 1.08 bits per heavy atom. The number of alkyl carbamates (subject to hydrolysis) is 1. The Hall–Kier alpha value is -2.88. The van der Waals surface area contributed by atoms with Crippen molar-refractivity contribution in [2.45, 2.75) is 84.7 Å². The number of esters is 3. The van der Waals surface area contributed by atoms with Crippen molar-refractivity contribution in [1.29, 1.82) is 0 Å². The van der Waals surface area contributed by atoms with Gasteiger partial charge in [0.1, 0.15) is 12.6 Å². The summed E-state index contributed by atoms with van der Waals surface area (Å²) in [6.45, 7) is 6.38. The number of carbonyl (C=O) groups is 4. The molecule has 3 atom stereocenters. The van der Waals surface area contributed by atoms with Gasteiger partial charge in [-0.25, -0.2) is 14.4 Å². The Bertz CT molecular complexity index is 960. The SMILES string of the molecule is CC(C)(C)C(=O)OC(CCCCCCNC(=O)OCc1ccccc1)O[P+](=O)CC(=O)OC(=O)[C@@H]1CCCN1. The van der Waals surface area contributed by atoms with Crippen molar-refractivity contribution in [3.05, 3.63) is 35.9 Å². The zero-order valence-electron chi connectivity index (χ0n) is 22.9. The van der Waals surface area contributed by atoms with Crippen molar-refractivity contribution in [2.24, 2.45) is 5.41 Å². The van der Waals surface area contributed by atoms with Gasteiger partial charge in [0.2, 0.25) is 0 Å². The van der Waals surface area contributed by atoms with Gasteiger partial charge < -0.3 is 24.8 Å². The van der Waals surface area contributed by atoms with Crippen LogP contribution in [0.3, 0.4) is 0 Å². The number of rotatable bonds is 15. The van der Waals surface area contributed by atoms with Crippen LogP contribution in [0.25, 0.3) is 0 Å². The molecular weight excluding hydrogens is 527 g/mol. The van der Waals surface area contributed by atoms with E-state index in [9.17, 15) is 23.7 Å². The van der Waals surface area contributed by atoms with Crippen LogP contribution in [0, 0.1) is 5.41 Å². The second-order valence-corrected chi connectivity index (χ2v) is 11.5. The molecule has 0 saturated carbocycles. The predicted molar refractivity (Wildman–Crippen MR) is 143 cm³/mol. The molecule has 0 radical (unpaired) electrons. The summed E-state index contributed by atoms with van der Waals surface area (Å²) in [5, 5.41) is 5.63. The maximum Gasteiger partial charge on any atom is 0.523 e. The molecule has 0 aliphatic carbocycles. The minimum Gasteiger partial charge on any atom is -0.445 e. The molecule has 0 bridgehead atoms. The summed E-state index contributed by atoms with van der Waals surface area (Å²) in [5.74, 6) is -2.18. The van der Waals surface area contributed by atoms with Crippen LogP contribution in [0.5, 0.6) is 0 Å². The van der Waals surface area contributed by atoms with Gasteiger partial charge >= 0.3 is 32.0 Å². The molecule has 1 aromatic rings. The van der Waals surface area contributed by atoms with E-state index in [1.54, 1.807) is 20.8 Å². The number of nitrogens with one attached hydrogen (secondary N) is 2. The highest BCUT2D eigenvalue weighted by Crippen LogP contribution is 2.29. The Kier molecular flexibility index (Phi) is 14.0. The van der Waals surface area contributed by atoms with Crippen LogP contribution in [0.4, 0.5) is 4.79 Å². The third-order valence-electron chi connectivity index (χ3n) is 5.75. The maximum atomic E-state index is 12.4. The molecule has 11 nitrogen and oxygen atoms in total. The Morgan fingerprint density at radius 3 is 2.46 bits per heavy atom. The lowest BCUT2D eigenvalue weighted by atomic mass is 9.97. The smallest absolute Gasteiger partial charge is 0.445 e. The number of carbonyl (C=O) groups excluding carboxylic acids is 4. The lowest BCUT2D eigenvalue weighted by molar-refractivity contribution is -0.173. The number of amides is 1. The number of ether oxygens (including phenoxy) is 3.